The molecule has 0 bridgehead atoms. The van der Waals surface area contributed by atoms with Crippen LogP contribution >= 0.6 is 0 Å². The second kappa shape index (κ2) is 8.59. The van der Waals surface area contributed by atoms with Gasteiger partial charge in [0.15, 0.2) is 0 Å². The van der Waals surface area contributed by atoms with E-state index in [4.69, 9.17) is 9.47 Å². The van der Waals surface area contributed by atoms with E-state index in [-0.39, 0.29) is 11.5 Å². The Morgan fingerprint density at radius 3 is 2.04 bits per heavy atom. The summed E-state index contributed by atoms with van der Waals surface area (Å²) in [6, 6.07) is 11.0. The molecule has 0 radical (unpaired) electrons. The minimum absolute atomic E-state index is 0.0390. The first-order valence-electron chi connectivity index (χ1n) is 8.65. The zero-order valence-electron chi connectivity index (χ0n) is 14.8. The summed E-state index contributed by atoms with van der Waals surface area (Å²) in [6.45, 7) is -0.529. The lowest BCUT2D eigenvalue weighted by Gasteiger charge is -2.39. The van der Waals surface area contributed by atoms with Gasteiger partial charge in [-0.15, -0.1) is 0 Å². The topological polar surface area (TPSA) is 140 Å². The first-order valence-corrected chi connectivity index (χ1v) is 8.65. The largest absolute Gasteiger partial charge is 0.508 e. The number of aromatic hydroxyl groups is 2. The van der Waals surface area contributed by atoms with Gasteiger partial charge >= 0.3 is 0 Å². The van der Waals surface area contributed by atoms with E-state index in [1.165, 1.54) is 18.2 Å². The molecular weight excluding hydrogens is 368 g/mol. The zero-order valence-corrected chi connectivity index (χ0v) is 14.8. The molecule has 28 heavy (non-hydrogen) atoms. The molecule has 1 aliphatic heterocycles. The molecular formula is C20H22O8. The third-order valence-electron chi connectivity index (χ3n) is 4.37. The van der Waals surface area contributed by atoms with Crippen molar-refractivity contribution >= 4 is 12.2 Å². The van der Waals surface area contributed by atoms with Gasteiger partial charge in [0.05, 0.1) is 6.61 Å². The first kappa shape index (κ1) is 20.1. The molecule has 8 heteroatoms. The summed E-state index contributed by atoms with van der Waals surface area (Å²) >= 11 is 0. The van der Waals surface area contributed by atoms with Crippen LogP contribution < -0.4 is 4.74 Å². The van der Waals surface area contributed by atoms with Crippen LogP contribution in [0.1, 0.15) is 11.1 Å². The second-order valence-corrected chi connectivity index (χ2v) is 6.50. The molecule has 1 saturated heterocycles. The molecule has 0 spiro atoms. The van der Waals surface area contributed by atoms with Crippen LogP contribution in [0.15, 0.2) is 42.5 Å². The number of benzene rings is 2. The number of ether oxygens (including phenoxy) is 2. The molecule has 1 aliphatic rings. The molecule has 3 rings (SSSR count). The third-order valence-corrected chi connectivity index (χ3v) is 4.37. The Hall–Kier alpha value is -2.62. The first-order chi connectivity index (χ1) is 13.4. The number of rotatable bonds is 5. The Morgan fingerprint density at radius 2 is 1.43 bits per heavy atom. The molecule has 8 nitrogen and oxygen atoms in total. The van der Waals surface area contributed by atoms with E-state index < -0.39 is 37.3 Å². The summed E-state index contributed by atoms with van der Waals surface area (Å²) in [7, 11) is 0. The lowest BCUT2D eigenvalue weighted by molar-refractivity contribution is -0.277. The van der Waals surface area contributed by atoms with Gasteiger partial charge in [-0.25, -0.2) is 0 Å². The van der Waals surface area contributed by atoms with E-state index >= 15 is 0 Å². The fourth-order valence-electron chi connectivity index (χ4n) is 2.86. The summed E-state index contributed by atoms with van der Waals surface area (Å²) in [6.07, 6.45) is -3.22. The molecule has 1 fully saturated rings. The van der Waals surface area contributed by atoms with Crippen LogP contribution in [0.25, 0.3) is 12.2 Å². The summed E-state index contributed by atoms with van der Waals surface area (Å²) in [5.74, 6) is 0.280. The molecule has 0 aromatic heterocycles. The van der Waals surface area contributed by atoms with Crippen LogP contribution in [-0.2, 0) is 4.74 Å². The van der Waals surface area contributed by atoms with Crippen molar-refractivity contribution in [3.05, 3.63) is 53.6 Å². The zero-order chi connectivity index (χ0) is 20.3. The van der Waals surface area contributed by atoms with Crippen LogP contribution in [0.3, 0.4) is 0 Å². The van der Waals surface area contributed by atoms with Crippen LogP contribution in [-0.4, -0.2) is 68.0 Å². The summed E-state index contributed by atoms with van der Waals surface area (Å²) in [5, 5.41) is 57.7. The Morgan fingerprint density at radius 1 is 0.821 bits per heavy atom. The van der Waals surface area contributed by atoms with Crippen molar-refractivity contribution in [3.8, 4) is 17.2 Å². The van der Waals surface area contributed by atoms with Crippen molar-refractivity contribution in [1.29, 1.82) is 0 Å². The van der Waals surface area contributed by atoms with E-state index in [2.05, 4.69) is 0 Å². The van der Waals surface area contributed by atoms with Crippen molar-refractivity contribution in [2.75, 3.05) is 6.61 Å². The van der Waals surface area contributed by atoms with Crippen LogP contribution in [0.4, 0.5) is 0 Å². The van der Waals surface area contributed by atoms with Crippen molar-refractivity contribution in [3.63, 3.8) is 0 Å². The Balaban J connectivity index is 1.66. The monoisotopic (exact) mass is 390 g/mol. The van der Waals surface area contributed by atoms with Gasteiger partial charge in [-0.1, -0.05) is 24.3 Å². The molecule has 6 N–H and O–H groups in total. The summed E-state index contributed by atoms with van der Waals surface area (Å²) in [4.78, 5) is 0. The Bertz CT molecular complexity index is 797. The maximum atomic E-state index is 10.00. The molecule has 150 valence electrons. The minimum Gasteiger partial charge on any atom is -0.508 e. The van der Waals surface area contributed by atoms with Gasteiger partial charge in [0.2, 0.25) is 6.29 Å². The standard InChI is InChI=1S/C20H22O8/c21-10-16-17(24)18(25)19(26)20(28-16)27-15-5-3-11(4-6-15)1-2-12-7-13(22)9-14(23)8-12/h1-9,16-26H,10H2/t16-,17-,18+,19-,20-/m1/s1. The molecule has 0 saturated carbocycles. The molecule has 0 aliphatic carbocycles. The molecule has 2 aromatic carbocycles. The van der Waals surface area contributed by atoms with Crippen molar-refractivity contribution in [2.24, 2.45) is 0 Å². The van der Waals surface area contributed by atoms with Crippen LogP contribution in [0, 0.1) is 0 Å². The normalized spacial score (nSPS) is 27.8. The van der Waals surface area contributed by atoms with Gasteiger partial charge < -0.3 is 40.1 Å². The number of phenolic OH excluding ortho intramolecular Hbond substituents is 2. The molecule has 2 aromatic rings. The summed E-state index contributed by atoms with van der Waals surface area (Å²) < 4.78 is 10.8. The van der Waals surface area contributed by atoms with E-state index in [9.17, 15) is 30.6 Å². The number of aliphatic hydroxyl groups excluding tert-OH is 4. The maximum absolute atomic E-state index is 10.00. The molecule has 5 atom stereocenters. The third kappa shape index (κ3) is 4.61. The van der Waals surface area contributed by atoms with Gasteiger partial charge in [0, 0.05) is 6.07 Å². The average Bonchev–Trinajstić information content (AvgIpc) is 2.67. The Labute approximate surface area is 161 Å². The minimum atomic E-state index is -1.50. The summed E-state index contributed by atoms with van der Waals surface area (Å²) in [5.41, 5.74) is 1.43. The van der Waals surface area contributed by atoms with E-state index in [1.54, 1.807) is 36.4 Å². The highest BCUT2D eigenvalue weighted by molar-refractivity contribution is 5.71. The predicted molar refractivity (Wildman–Crippen MR) is 99.5 cm³/mol. The number of aliphatic hydroxyl groups is 4. The van der Waals surface area contributed by atoms with Crippen LogP contribution in [0.5, 0.6) is 17.2 Å². The van der Waals surface area contributed by atoms with Crippen molar-refractivity contribution in [1.82, 2.24) is 0 Å². The van der Waals surface area contributed by atoms with Gasteiger partial charge in [-0.2, -0.15) is 0 Å². The number of phenols is 2. The van der Waals surface area contributed by atoms with Gasteiger partial charge in [0.25, 0.3) is 0 Å². The fraction of sp³-hybridized carbons (Fsp3) is 0.300. The molecule has 1 heterocycles. The van der Waals surface area contributed by atoms with Gasteiger partial charge in [-0.05, 0) is 35.4 Å². The smallest absolute Gasteiger partial charge is 0.229 e. The maximum Gasteiger partial charge on any atom is 0.229 e. The SMILES string of the molecule is OC[C@H]1O[C@@H](Oc2ccc(C=Cc3cc(O)cc(O)c3)cc2)[C@H](O)[C@@H](O)[C@@H]1O. The number of hydrogen-bond donors (Lipinski definition) is 6. The Kier molecular flexibility index (Phi) is 6.18. The van der Waals surface area contributed by atoms with Crippen LogP contribution in [0.2, 0.25) is 0 Å². The lowest BCUT2D eigenvalue weighted by Crippen LogP contribution is -2.60. The lowest BCUT2D eigenvalue weighted by atomic mass is 9.99. The molecule has 0 unspecified atom stereocenters. The van der Waals surface area contributed by atoms with Gasteiger partial charge in [0.1, 0.15) is 41.7 Å². The highest BCUT2D eigenvalue weighted by atomic mass is 16.7. The fourth-order valence-corrected chi connectivity index (χ4v) is 2.86. The highest BCUT2D eigenvalue weighted by Crippen LogP contribution is 2.25. The van der Waals surface area contributed by atoms with Gasteiger partial charge in [-0.3, -0.25) is 0 Å². The molecule has 0 amide bonds. The average molecular weight is 390 g/mol. The predicted octanol–water partition coefficient (Wildman–Crippen LogP) is 0.447. The van der Waals surface area contributed by atoms with Crippen molar-refractivity contribution < 1.29 is 40.1 Å². The number of hydrogen-bond acceptors (Lipinski definition) is 8. The van der Waals surface area contributed by atoms with E-state index in [0.717, 1.165) is 5.56 Å². The van der Waals surface area contributed by atoms with Crippen molar-refractivity contribution in [2.45, 2.75) is 30.7 Å². The highest BCUT2D eigenvalue weighted by Gasteiger charge is 2.44. The van der Waals surface area contributed by atoms with E-state index in [1.807, 2.05) is 0 Å². The quantitative estimate of drug-likeness (QED) is 0.405. The van der Waals surface area contributed by atoms with E-state index in [0.29, 0.717) is 11.3 Å². The second-order valence-electron chi connectivity index (χ2n) is 6.50.